The summed E-state index contributed by atoms with van der Waals surface area (Å²) in [4.78, 5) is 24.5. The lowest BCUT2D eigenvalue weighted by atomic mass is 9.86. The van der Waals surface area contributed by atoms with Crippen LogP contribution in [0.1, 0.15) is 46.5 Å². The van der Waals surface area contributed by atoms with Crippen LogP contribution in [0.5, 0.6) is 0 Å². The molecule has 8 heteroatoms. The van der Waals surface area contributed by atoms with Gasteiger partial charge in [0.2, 0.25) is 5.91 Å². The molecule has 1 saturated carbocycles. The van der Waals surface area contributed by atoms with Crippen LogP contribution in [-0.4, -0.2) is 71.2 Å². The van der Waals surface area contributed by atoms with Gasteiger partial charge < -0.3 is 30.7 Å². The number of aliphatic hydroxyl groups is 3. The van der Waals surface area contributed by atoms with Gasteiger partial charge in [0.25, 0.3) is 5.91 Å². The molecule has 0 aromatic rings. The molecule has 2 fully saturated rings. The Kier molecular flexibility index (Phi) is 7.24. The van der Waals surface area contributed by atoms with Gasteiger partial charge in [0, 0.05) is 13.7 Å². The lowest BCUT2D eigenvalue weighted by Crippen LogP contribution is -2.55. The summed E-state index contributed by atoms with van der Waals surface area (Å²) in [6.45, 7) is 6.77. The Morgan fingerprint density at radius 1 is 1.22 bits per heavy atom. The monoisotopic (exact) mass is 386 g/mol. The van der Waals surface area contributed by atoms with Gasteiger partial charge in [0.1, 0.15) is 18.2 Å². The number of methoxy groups -OCH3 is 1. The molecular weight excluding hydrogens is 352 g/mol. The van der Waals surface area contributed by atoms with Crippen molar-refractivity contribution in [2.24, 2.45) is 17.3 Å². The van der Waals surface area contributed by atoms with Crippen LogP contribution in [0.4, 0.5) is 0 Å². The Bertz CT molecular complexity index is 535. The zero-order chi connectivity index (χ0) is 20.4. The summed E-state index contributed by atoms with van der Waals surface area (Å²) in [6.07, 6.45) is -2.73. The van der Waals surface area contributed by atoms with Crippen molar-refractivity contribution in [3.8, 4) is 0 Å². The predicted octanol–water partition coefficient (Wildman–Crippen LogP) is -0.449. The van der Waals surface area contributed by atoms with Crippen molar-refractivity contribution in [2.75, 3.05) is 13.7 Å². The summed E-state index contributed by atoms with van der Waals surface area (Å²) in [6, 6.07) is -0.694. The first-order valence-electron chi connectivity index (χ1n) is 9.73. The largest absolute Gasteiger partial charge is 0.390 e. The maximum atomic E-state index is 12.5. The van der Waals surface area contributed by atoms with Crippen molar-refractivity contribution in [1.82, 2.24) is 10.6 Å². The minimum absolute atomic E-state index is 0.00119. The Morgan fingerprint density at radius 3 is 2.44 bits per heavy atom. The molecule has 1 heterocycles. The van der Waals surface area contributed by atoms with Crippen LogP contribution < -0.4 is 10.6 Å². The van der Waals surface area contributed by atoms with E-state index in [2.05, 4.69) is 31.4 Å². The van der Waals surface area contributed by atoms with E-state index in [9.17, 15) is 24.9 Å². The van der Waals surface area contributed by atoms with Crippen LogP contribution in [0.3, 0.4) is 0 Å². The van der Waals surface area contributed by atoms with Crippen LogP contribution in [0, 0.1) is 17.3 Å². The Hall–Kier alpha value is -1.22. The number of rotatable bonds is 7. The third kappa shape index (κ3) is 5.40. The zero-order valence-corrected chi connectivity index (χ0v) is 16.6. The summed E-state index contributed by atoms with van der Waals surface area (Å²) < 4.78 is 5.08. The first-order valence-corrected chi connectivity index (χ1v) is 9.73. The van der Waals surface area contributed by atoms with E-state index in [1.165, 1.54) is 7.11 Å². The molecule has 156 valence electrons. The van der Waals surface area contributed by atoms with Crippen molar-refractivity contribution in [3.05, 3.63) is 0 Å². The van der Waals surface area contributed by atoms with Crippen molar-refractivity contribution in [2.45, 2.75) is 76.9 Å². The fraction of sp³-hybridized carbons (Fsp3) is 0.895. The topological polar surface area (TPSA) is 128 Å². The van der Waals surface area contributed by atoms with E-state index in [1.54, 1.807) is 0 Å². The average Bonchev–Trinajstić information content (AvgIpc) is 3.41. The van der Waals surface area contributed by atoms with Crippen molar-refractivity contribution < 1.29 is 29.6 Å². The predicted molar refractivity (Wildman–Crippen MR) is 98.7 cm³/mol. The number of aliphatic hydroxyl groups excluding tert-OH is 3. The average molecular weight is 386 g/mol. The van der Waals surface area contributed by atoms with Gasteiger partial charge in [-0.1, -0.05) is 20.8 Å². The van der Waals surface area contributed by atoms with Gasteiger partial charge >= 0.3 is 0 Å². The minimum atomic E-state index is -1.60. The Balaban J connectivity index is 1.96. The summed E-state index contributed by atoms with van der Waals surface area (Å²) in [7, 11) is 1.24. The highest BCUT2D eigenvalue weighted by atomic mass is 16.5. The van der Waals surface area contributed by atoms with Gasteiger partial charge in [-0.05, 0) is 42.9 Å². The maximum Gasteiger partial charge on any atom is 0.252 e. The molecule has 7 atom stereocenters. The highest BCUT2D eigenvalue weighted by molar-refractivity contribution is 5.89. The van der Waals surface area contributed by atoms with E-state index in [-0.39, 0.29) is 23.2 Å². The van der Waals surface area contributed by atoms with Crippen LogP contribution >= 0.6 is 0 Å². The maximum absolute atomic E-state index is 12.5. The summed E-state index contributed by atoms with van der Waals surface area (Å²) >= 11 is 0. The number of amides is 2. The van der Waals surface area contributed by atoms with Gasteiger partial charge in [-0.3, -0.25) is 9.59 Å². The summed E-state index contributed by atoms with van der Waals surface area (Å²) in [5.74, 6) is -0.819. The fourth-order valence-corrected chi connectivity index (χ4v) is 3.95. The molecule has 0 aromatic heterocycles. The SMILES string of the molecule is CO[C@@H](C(=O)N[C@H]1CCCCNC1=O)[C@H](O)[C@@H](O)[C@H](O)[C@@H]1C[C@H]1C(C)(C)C. The second-order valence-corrected chi connectivity index (χ2v) is 8.85. The van der Waals surface area contributed by atoms with Gasteiger partial charge in [-0.15, -0.1) is 0 Å². The van der Waals surface area contributed by atoms with Crippen LogP contribution in [0.2, 0.25) is 0 Å². The first kappa shape index (κ1) is 22.1. The highest BCUT2D eigenvalue weighted by Crippen LogP contribution is 2.53. The third-order valence-corrected chi connectivity index (χ3v) is 5.76. The minimum Gasteiger partial charge on any atom is -0.390 e. The van der Waals surface area contributed by atoms with E-state index in [0.29, 0.717) is 13.0 Å². The first-order chi connectivity index (χ1) is 12.6. The van der Waals surface area contributed by atoms with Crippen LogP contribution in [0.25, 0.3) is 0 Å². The second-order valence-electron chi connectivity index (χ2n) is 8.85. The van der Waals surface area contributed by atoms with E-state index < -0.39 is 36.4 Å². The molecule has 5 N–H and O–H groups in total. The Labute approximate surface area is 160 Å². The van der Waals surface area contributed by atoms with E-state index in [1.807, 2.05) is 0 Å². The lowest BCUT2D eigenvalue weighted by molar-refractivity contribution is -0.154. The van der Waals surface area contributed by atoms with Crippen molar-refractivity contribution in [3.63, 3.8) is 0 Å². The summed E-state index contributed by atoms with van der Waals surface area (Å²) in [5.41, 5.74) is 0.00119. The molecule has 2 rings (SSSR count). The highest BCUT2D eigenvalue weighted by Gasteiger charge is 2.52. The summed E-state index contributed by atoms with van der Waals surface area (Å²) in [5, 5.41) is 36.6. The fourth-order valence-electron chi connectivity index (χ4n) is 3.95. The number of hydrogen-bond donors (Lipinski definition) is 5. The molecule has 27 heavy (non-hydrogen) atoms. The number of carbonyl (C=O) groups is 2. The molecule has 0 unspecified atom stereocenters. The molecule has 0 spiro atoms. The van der Waals surface area contributed by atoms with Gasteiger partial charge in [-0.25, -0.2) is 0 Å². The molecule has 2 aliphatic rings. The Morgan fingerprint density at radius 2 is 1.89 bits per heavy atom. The van der Waals surface area contributed by atoms with Crippen molar-refractivity contribution in [1.29, 1.82) is 0 Å². The van der Waals surface area contributed by atoms with E-state index in [0.717, 1.165) is 19.3 Å². The molecule has 1 aliphatic carbocycles. The standard InChI is InChI=1S/C19H34N2O6/c1-19(2,3)11-9-10(11)13(22)14(23)15(24)16(27-4)18(26)21-12-7-5-6-8-20-17(12)25/h10-16,22-24H,5-9H2,1-4H3,(H,20,25)(H,21,26)/t10-,11-,12+,13-,14+,15-,16-/m1/s1. The second kappa shape index (κ2) is 8.86. The molecule has 0 radical (unpaired) electrons. The van der Waals surface area contributed by atoms with Crippen LogP contribution in [0.15, 0.2) is 0 Å². The smallest absolute Gasteiger partial charge is 0.252 e. The number of nitrogens with one attached hydrogen (secondary N) is 2. The quantitative estimate of drug-likeness (QED) is 0.403. The third-order valence-electron chi connectivity index (χ3n) is 5.76. The lowest BCUT2D eigenvalue weighted by Gasteiger charge is -2.30. The zero-order valence-electron chi connectivity index (χ0n) is 16.6. The molecular formula is C19H34N2O6. The van der Waals surface area contributed by atoms with Gasteiger partial charge in [0.05, 0.1) is 6.10 Å². The van der Waals surface area contributed by atoms with Gasteiger partial charge in [0.15, 0.2) is 6.10 Å². The van der Waals surface area contributed by atoms with Gasteiger partial charge in [-0.2, -0.15) is 0 Å². The number of hydrogen-bond acceptors (Lipinski definition) is 6. The number of carbonyl (C=O) groups excluding carboxylic acids is 2. The normalized spacial score (nSPS) is 30.5. The molecule has 2 amide bonds. The van der Waals surface area contributed by atoms with Crippen molar-refractivity contribution >= 4 is 11.8 Å². The van der Waals surface area contributed by atoms with Crippen LogP contribution in [-0.2, 0) is 14.3 Å². The van der Waals surface area contributed by atoms with E-state index >= 15 is 0 Å². The number of ether oxygens (including phenoxy) is 1. The molecule has 0 aromatic carbocycles. The van der Waals surface area contributed by atoms with E-state index in [4.69, 9.17) is 4.74 Å². The molecule has 1 aliphatic heterocycles. The molecule has 1 saturated heterocycles. The molecule has 8 nitrogen and oxygen atoms in total. The molecule has 0 bridgehead atoms.